The van der Waals surface area contributed by atoms with Gasteiger partial charge in [0.05, 0.1) is 18.5 Å². The third-order valence-electron chi connectivity index (χ3n) is 3.89. The van der Waals surface area contributed by atoms with E-state index in [9.17, 15) is 4.79 Å². The number of methoxy groups -OCH3 is 1. The Labute approximate surface area is 143 Å². The van der Waals surface area contributed by atoms with E-state index in [4.69, 9.17) is 9.72 Å². The van der Waals surface area contributed by atoms with E-state index >= 15 is 0 Å². The summed E-state index contributed by atoms with van der Waals surface area (Å²) in [6.07, 6.45) is 1.65. The summed E-state index contributed by atoms with van der Waals surface area (Å²) in [6.45, 7) is 5.22. The van der Waals surface area contributed by atoms with E-state index in [-0.39, 0.29) is 5.56 Å². The smallest absolute Gasteiger partial charge is 0.263 e. The number of rotatable bonds is 6. The lowest BCUT2D eigenvalue weighted by atomic mass is 10.1. The van der Waals surface area contributed by atoms with Crippen molar-refractivity contribution in [2.75, 3.05) is 13.7 Å². The standard InChI is InChI=1S/C17H20N2O2S2/c1-4-11-14(12-7-6-10-22-12)15-16(23-11)18-13(5-2)19(17(15)20)8-9-21-3/h6-7,10H,4-5,8-9H2,1-3H3. The molecule has 3 heterocycles. The number of aryl methyl sites for hydroxylation is 2. The van der Waals surface area contributed by atoms with Gasteiger partial charge in [0.2, 0.25) is 0 Å². The number of aromatic nitrogens is 2. The molecule has 0 N–H and O–H groups in total. The Bertz CT molecular complexity index is 863. The van der Waals surface area contributed by atoms with Gasteiger partial charge < -0.3 is 4.74 Å². The second-order valence-electron chi connectivity index (χ2n) is 5.24. The fourth-order valence-corrected chi connectivity index (χ4v) is 4.79. The molecule has 0 amide bonds. The summed E-state index contributed by atoms with van der Waals surface area (Å²) in [5.41, 5.74) is 1.14. The first-order valence-corrected chi connectivity index (χ1v) is 9.48. The van der Waals surface area contributed by atoms with Crippen LogP contribution in [0.4, 0.5) is 0 Å². The van der Waals surface area contributed by atoms with Crippen LogP contribution >= 0.6 is 22.7 Å². The largest absolute Gasteiger partial charge is 0.383 e. The number of hydrogen-bond acceptors (Lipinski definition) is 5. The maximum atomic E-state index is 13.1. The van der Waals surface area contributed by atoms with Crippen LogP contribution in [0.3, 0.4) is 0 Å². The highest BCUT2D eigenvalue weighted by Crippen LogP contribution is 2.38. The molecule has 0 atom stereocenters. The average molecular weight is 348 g/mol. The topological polar surface area (TPSA) is 44.1 Å². The van der Waals surface area contributed by atoms with Crippen molar-refractivity contribution in [1.29, 1.82) is 0 Å². The molecule has 0 radical (unpaired) electrons. The van der Waals surface area contributed by atoms with Gasteiger partial charge in [-0.1, -0.05) is 19.9 Å². The molecule has 0 saturated carbocycles. The van der Waals surface area contributed by atoms with Crippen LogP contribution in [0.25, 0.3) is 20.7 Å². The van der Waals surface area contributed by atoms with E-state index in [2.05, 4.69) is 18.4 Å². The van der Waals surface area contributed by atoms with Crippen LogP contribution in [-0.2, 0) is 24.1 Å². The van der Waals surface area contributed by atoms with E-state index in [1.165, 1.54) is 4.88 Å². The molecule has 0 unspecified atom stereocenters. The average Bonchev–Trinajstić information content (AvgIpc) is 3.20. The van der Waals surface area contributed by atoms with Crippen LogP contribution in [0.2, 0.25) is 0 Å². The first kappa shape index (κ1) is 16.4. The molecular formula is C17H20N2O2S2. The van der Waals surface area contributed by atoms with Crippen molar-refractivity contribution in [3.63, 3.8) is 0 Å². The first-order valence-electron chi connectivity index (χ1n) is 7.79. The summed E-state index contributed by atoms with van der Waals surface area (Å²) in [4.78, 5) is 21.2. The van der Waals surface area contributed by atoms with Gasteiger partial charge in [-0.15, -0.1) is 22.7 Å². The lowest BCUT2D eigenvalue weighted by molar-refractivity contribution is 0.185. The summed E-state index contributed by atoms with van der Waals surface area (Å²) < 4.78 is 6.93. The highest BCUT2D eigenvalue weighted by atomic mass is 32.1. The molecule has 0 aliphatic heterocycles. The highest BCUT2D eigenvalue weighted by molar-refractivity contribution is 7.20. The zero-order chi connectivity index (χ0) is 16.4. The van der Waals surface area contributed by atoms with Crippen molar-refractivity contribution in [3.05, 3.63) is 38.6 Å². The molecule has 3 aromatic rings. The van der Waals surface area contributed by atoms with Crippen molar-refractivity contribution >= 4 is 32.9 Å². The van der Waals surface area contributed by atoms with E-state index < -0.39 is 0 Å². The summed E-state index contributed by atoms with van der Waals surface area (Å²) in [5, 5.41) is 2.82. The molecule has 0 aliphatic carbocycles. The molecule has 4 nitrogen and oxygen atoms in total. The molecule has 0 spiro atoms. The second-order valence-corrected chi connectivity index (χ2v) is 7.27. The summed E-state index contributed by atoms with van der Waals surface area (Å²) in [6, 6.07) is 4.11. The van der Waals surface area contributed by atoms with Crippen LogP contribution in [0, 0.1) is 0 Å². The minimum atomic E-state index is 0.0586. The molecule has 3 rings (SSSR count). The number of ether oxygens (including phenoxy) is 1. The summed E-state index contributed by atoms with van der Waals surface area (Å²) in [5.74, 6) is 0.834. The van der Waals surface area contributed by atoms with Gasteiger partial charge in [-0.3, -0.25) is 9.36 Å². The fourth-order valence-electron chi connectivity index (χ4n) is 2.79. The Morgan fingerprint density at radius 3 is 2.74 bits per heavy atom. The van der Waals surface area contributed by atoms with E-state index in [1.54, 1.807) is 34.4 Å². The van der Waals surface area contributed by atoms with Gasteiger partial charge in [0.1, 0.15) is 10.7 Å². The van der Waals surface area contributed by atoms with Crippen LogP contribution in [0.15, 0.2) is 22.3 Å². The van der Waals surface area contributed by atoms with Crippen molar-refractivity contribution in [2.24, 2.45) is 0 Å². The Morgan fingerprint density at radius 2 is 2.13 bits per heavy atom. The van der Waals surface area contributed by atoms with Crippen LogP contribution in [0.1, 0.15) is 24.5 Å². The molecule has 122 valence electrons. The molecule has 0 aliphatic rings. The SMILES string of the molecule is CCc1sc2nc(CC)n(CCOC)c(=O)c2c1-c1cccs1. The molecule has 23 heavy (non-hydrogen) atoms. The predicted molar refractivity (Wildman–Crippen MR) is 97.8 cm³/mol. The number of thiophene rings is 2. The number of nitrogens with zero attached hydrogens (tertiary/aromatic N) is 2. The zero-order valence-corrected chi connectivity index (χ0v) is 15.2. The quantitative estimate of drug-likeness (QED) is 0.677. The van der Waals surface area contributed by atoms with Crippen molar-refractivity contribution < 1.29 is 4.74 Å². The Kier molecular flexibility index (Phi) is 4.94. The minimum absolute atomic E-state index is 0.0586. The third-order valence-corrected chi connectivity index (χ3v) is 6.00. The lowest BCUT2D eigenvalue weighted by Crippen LogP contribution is -2.26. The molecule has 0 fully saturated rings. The van der Waals surface area contributed by atoms with Crippen molar-refractivity contribution in [3.8, 4) is 10.4 Å². The normalized spacial score (nSPS) is 11.4. The maximum Gasteiger partial charge on any atom is 0.263 e. The Hall–Kier alpha value is -1.50. The van der Waals surface area contributed by atoms with Gasteiger partial charge in [-0.05, 0) is 17.9 Å². The summed E-state index contributed by atoms with van der Waals surface area (Å²) in [7, 11) is 1.65. The molecule has 6 heteroatoms. The van der Waals surface area contributed by atoms with Crippen molar-refractivity contribution in [1.82, 2.24) is 9.55 Å². The number of fused-ring (bicyclic) bond motifs is 1. The zero-order valence-electron chi connectivity index (χ0n) is 13.6. The molecule has 0 saturated heterocycles. The molecular weight excluding hydrogens is 328 g/mol. The second kappa shape index (κ2) is 6.95. The van der Waals surface area contributed by atoms with Gasteiger partial charge in [0.15, 0.2) is 0 Å². The number of hydrogen-bond donors (Lipinski definition) is 0. The monoisotopic (exact) mass is 348 g/mol. The first-order chi connectivity index (χ1) is 11.2. The van der Waals surface area contributed by atoms with Crippen LogP contribution in [0.5, 0.6) is 0 Å². The van der Waals surface area contributed by atoms with Gasteiger partial charge >= 0.3 is 0 Å². The van der Waals surface area contributed by atoms with Crippen LogP contribution in [-0.4, -0.2) is 23.3 Å². The lowest BCUT2D eigenvalue weighted by Gasteiger charge is -2.11. The van der Waals surface area contributed by atoms with E-state index in [0.717, 1.165) is 39.3 Å². The van der Waals surface area contributed by atoms with Gasteiger partial charge in [-0.25, -0.2) is 4.98 Å². The highest BCUT2D eigenvalue weighted by Gasteiger charge is 2.20. The fraction of sp³-hybridized carbons (Fsp3) is 0.412. The predicted octanol–water partition coefficient (Wildman–Crippen LogP) is 3.96. The molecule has 0 aromatic carbocycles. The molecule has 0 bridgehead atoms. The summed E-state index contributed by atoms with van der Waals surface area (Å²) >= 11 is 3.32. The maximum absolute atomic E-state index is 13.1. The van der Waals surface area contributed by atoms with E-state index in [0.29, 0.717) is 13.2 Å². The van der Waals surface area contributed by atoms with Gasteiger partial charge in [-0.2, -0.15) is 0 Å². The van der Waals surface area contributed by atoms with Crippen LogP contribution < -0.4 is 5.56 Å². The molecule has 3 aromatic heterocycles. The third kappa shape index (κ3) is 2.86. The van der Waals surface area contributed by atoms with Crippen molar-refractivity contribution in [2.45, 2.75) is 33.2 Å². The Balaban J connectivity index is 2.33. The Morgan fingerprint density at radius 1 is 1.30 bits per heavy atom. The van der Waals surface area contributed by atoms with Gasteiger partial charge in [0, 0.05) is 28.8 Å². The van der Waals surface area contributed by atoms with Gasteiger partial charge in [0.25, 0.3) is 5.56 Å². The van der Waals surface area contributed by atoms with E-state index in [1.807, 2.05) is 13.0 Å². The minimum Gasteiger partial charge on any atom is -0.383 e.